The minimum absolute atomic E-state index is 0.142. The molecule has 1 aliphatic heterocycles. The van der Waals surface area contributed by atoms with Gasteiger partial charge < -0.3 is 15.2 Å². The number of hydrogen-bond donors (Lipinski definition) is 1. The first-order chi connectivity index (χ1) is 3.93. The third-order valence-electron chi connectivity index (χ3n) is 1.15. The molecule has 1 atom stereocenters. The second-order valence-electron chi connectivity index (χ2n) is 1.80. The summed E-state index contributed by atoms with van der Waals surface area (Å²) in [5, 5.41) is 0. The van der Waals surface area contributed by atoms with E-state index in [0.717, 1.165) is 6.61 Å². The average Bonchev–Trinajstić information content (AvgIpc) is 1.90. The molecule has 0 radical (unpaired) electrons. The highest BCUT2D eigenvalue weighted by molar-refractivity contribution is 4.59. The summed E-state index contributed by atoms with van der Waals surface area (Å²) in [4.78, 5) is 0. The Labute approximate surface area is 48.8 Å². The summed E-state index contributed by atoms with van der Waals surface area (Å²) in [5.41, 5.74) is 5.30. The smallest absolute Gasteiger partial charge is 0.0931 e. The molecule has 0 aliphatic carbocycles. The second kappa shape index (κ2) is 3.02. The first-order valence-electron chi connectivity index (χ1n) is 2.83. The molecule has 0 aromatic heterocycles. The van der Waals surface area contributed by atoms with Gasteiger partial charge in [-0.1, -0.05) is 0 Å². The van der Waals surface area contributed by atoms with Gasteiger partial charge in [0.2, 0.25) is 0 Å². The van der Waals surface area contributed by atoms with Crippen LogP contribution in [0.1, 0.15) is 0 Å². The molecule has 1 aliphatic rings. The summed E-state index contributed by atoms with van der Waals surface area (Å²) in [5.74, 6) is 0. The maximum atomic E-state index is 5.30. The molecule has 1 fully saturated rings. The molecule has 1 saturated heterocycles. The Kier molecular flexibility index (Phi) is 2.27. The van der Waals surface area contributed by atoms with Gasteiger partial charge in [-0.2, -0.15) is 0 Å². The van der Waals surface area contributed by atoms with Crippen molar-refractivity contribution < 1.29 is 9.47 Å². The van der Waals surface area contributed by atoms with Crippen molar-refractivity contribution >= 4 is 0 Å². The Morgan fingerprint density at radius 3 is 2.75 bits per heavy atom. The van der Waals surface area contributed by atoms with Crippen LogP contribution in [0.25, 0.3) is 0 Å². The minimum atomic E-state index is 0.142. The van der Waals surface area contributed by atoms with Crippen LogP contribution in [0.5, 0.6) is 0 Å². The Morgan fingerprint density at radius 2 is 2.38 bits per heavy atom. The summed E-state index contributed by atoms with van der Waals surface area (Å²) < 4.78 is 10.2. The molecule has 2 N–H and O–H groups in total. The quantitative estimate of drug-likeness (QED) is 0.497. The molecule has 1 rings (SSSR count). The van der Waals surface area contributed by atoms with Gasteiger partial charge >= 0.3 is 0 Å². The maximum Gasteiger partial charge on any atom is 0.0931 e. The van der Waals surface area contributed by atoms with Crippen LogP contribution in [0.15, 0.2) is 0 Å². The van der Waals surface area contributed by atoms with Gasteiger partial charge in [-0.3, -0.25) is 0 Å². The molecule has 3 nitrogen and oxygen atoms in total. The zero-order valence-electron chi connectivity index (χ0n) is 4.80. The van der Waals surface area contributed by atoms with Gasteiger partial charge in [0, 0.05) is 6.54 Å². The Hall–Kier alpha value is -0.120. The zero-order chi connectivity index (χ0) is 5.82. The Balaban J connectivity index is 2.13. The van der Waals surface area contributed by atoms with Crippen molar-refractivity contribution in [3.05, 3.63) is 0 Å². The number of ether oxygens (including phenoxy) is 2. The van der Waals surface area contributed by atoms with E-state index in [1.165, 1.54) is 0 Å². The van der Waals surface area contributed by atoms with Crippen LogP contribution in [0.3, 0.4) is 0 Å². The van der Waals surface area contributed by atoms with E-state index in [1.807, 2.05) is 0 Å². The van der Waals surface area contributed by atoms with Crippen molar-refractivity contribution in [1.82, 2.24) is 0 Å². The second-order valence-corrected chi connectivity index (χ2v) is 1.80. The highest BCUT2D eigenvalue weighted by Crippen LogP contribution is 1.96. The summed E-state index contributed by atoms with van der Waals surface area (Å²) in [6, 6.07) is 0. The van der Waals surface area contributed by atoms with Crippen molar-refractivity contribution in [2.45, 2.75) is 6.10 Å². The molecule has 8 heavy (non-hydrogen) atoms. The first-order valence-corrected chi connectivity index (χ1v) is 2.83. The molecule has 48 valence electrons. The van der Waals surface area contributed by atoms with Crippen molar-refractivity contribution in [2.24, 2.45) is 5.73 Å². The van der Waals surface area contributed by atoms with Gasteiger partial charge in [0.05, 0.1) is 25.9 Å². The molecular weight excluding hydrogens is 106 g/mol. The lowest BCUT2D eigenvalue weighted by Crippen LogP contribution is -2.34. The molecule has 0 amide bonds. The van der Waals surface area contributed by atoms with Crippen LogP contribution in [-0.2, 0) is 9.47 Å². The minimum Gasteiger partial charge on any atom is -0.376 e. The van der Waals surface area contributed by atoms with Gasteiger partial charge in [-0.15, -0.1) is 0 Å². The largest absolute Gasteiger partial charge is 0.376 e. The van der Waals surface area contributed by atoms with Crippen LogP contribution in [0.2, 0.25) is 0 Å². The fraction of sp³-hybridized carbons (Fsp3) is 1.00. The third-order valence-corrected chi connectivity index (χ3v) is 1.15. The van der Waals surface area contributed by atoms with E-state index in [0.29, 0.717) is 19.8 Å². The van der Waals surface area contributed by atoms with Crippen LogP contribution < -0.4 is 5.73 Å². The van der Waals surface area contributed by atoms with E-state index in [-0.39, 0.29) is 6.10 Å². The topological polar surface area (TPSA) is 44.5 Å². The summed E-state index contributed by atoms with van der Waals surface area (Å²) in [6.45, 7) is 2.65. The monoisotopic (exact) mass is 117 g/mol. The molecule has 0 spiro atoms. The molecule has 0 saturated carbocycles. The maximum absolute atomic E-state index is 5.30. The van der Waals surface area contributed by atoms with E-state index >= 15 is 0 Å². The van der Waals surface area contributed by atoms with Gasteiger partial charge in [-0.05, 0) is 0 Å². The lowest BCUT2D eigenvalue weighted by molar-refractivity contribution is -0.0834. The fourth-order valence-electron chi connectivity index (χ4n) is 0.673. The highest BCUT2D eigenvalue weighted by Gasteiger charge is 2.10. The highest BCUT2D eigenvalue weighted by atomic mass is 16.6. The molecule has 3 heteroatoms. The fourth-order valence-corrected chi connectivity index (χ4v) is 0.673. The van der Waals surface area contributed by atoms with E-state index in [1.54, 1.807) is 0 Å². The molecule has 1 heterocycles. The lowest BCUT2D eigenvalue weighted by atomic mass is 10.3. The molecular formula is C5H11NO2. The summed E-state index contributed by atoms with van der Waals surface area (Å²) in [7, 11) is 0. The molecule has 0 aromatic rings. The number of hydrogen-bond acceptors (Lipinski definition) is 3. The predicted molar refractivity (Wildman–Crippen MR) is 29.6 cm³/mol. The Morgan fingerprint density at radius 1 is 1.50 bits per heavy atom. The average molecular weight is 117 g/mol. The van der Waals surface area contributed by atoms with E-state index in [2.05, 4.69) is 0 Å². The Bertz CT molecular complexity index is 61.4. The van der Waals surface area contributed by atoms with Gasteiger partial charge in [-0.25, -0.2) is 0 Å². The number of nitrogens with two attached hydrogens (primary N) is 1. The standard InChI is InChI=1S/C5H11NO2/c6-3-5-4-7-1-2-8-5/h5H,1-4,6H2/t5-/m1/s1. The van der Waals surface area contributed by atoms with Crippen molar-refractivity contribution in [1.29, 1.82) is 0 Å². The first kappa shape index (κ1) is 6.01. The number of rotatable bonds is 1. The van der Waals surface area contributed by atoms with Gasteiger partial charge in [0.25, 0.3) is 0 Å². The lowest BCUT2D eigenvalue weighted by Gasteiger charge is -2.20. The van der Waals surface area contributed by atoms with E-state index < -0.39 is 0 Å². The van der Waals surface area contributed by atoms with E-state index in [9.17, 15) is 0 Å². The van der Waals surface area contributed by atoms with Crippen molar-refractivity contribution in [3.63, 3.8) is 0 Å². The van der Waals surface area contributed by atoms with Crippen LogP contribution in [-0.4, -0.2) is 32.5 Å². The van der Waals surface area contributed by atoms with Crippen LogP contribution in [0.4, 0.5) is 0 Å². The molecule has 0 unspecified atom stereocenters. The van der Waals surface area contributed by atoms with Gasteiger partial charge in [0.1, 0.15) is 0 Å². The van der Waals surface area contributed by atoms with E-state index in [4.69, 9.17) is 15.2 Å². The van der Waals surface area contributed by atoms with Crippen LogP contribution in [0, 0.1) is 0 Å². The summed E-state index contributed by atoms with van der Waals surface area (Å²) in [6.07, 6.45) is 0.142. The predicted octanol–water partition coefficient (Wildman–Crippen LogP) is -0.640. The SMILES string of the molecule is NC[C@@H]1COCCO1. The third kappa shape index (κ3) is 1.43. The van der Waals surface area contributed by atoms with Crippen molar-refractivity contribution in [2.75, 3.05) is 26.4 Å². The molecule has 0 bridgehead atoms. The zero-order valence-corrected chi connectivity index (χ0v) is 4.80. The van der Waals surface area contributed by atoms with Gasteiger partial charge in [0.15, 0.2) is 0 Å². The summed E-state index contributed by atoms with van der Waals surface area (Å²) >= 11 is 0. The van der Waals surface area contributed by atoms with Crippen LogP contribution >= 0.6 is 0 Å². The molecule has 0 aromatic carbocycles. The normalized spacial score (nSPS) is 30.4. The van der Waals surface area contributed by atoms with Crippen molar-refractivity contribution in [3.8, 4) is 0 Å².